The lowest BCUT2D eigenvalue weighted by atomic mass is 10.2. The van der Waals surface area contributed by atoms with Crippen LogP contribution in [0.5, 0.6) is 0 Å². The zero-order chi connectivity index (χ0) is 14.9. The summed E-state index contributed by atoms with van der Waals surface area (Å²) in [4.78, 5) is -0.584. The summed E-state index contributed by atoms with van der Waals surface area (Å²) in [5.41, 5.74) is 6.12. The molecule has 0 amide bonds. The lowest BCUT2D eigenvalue weighted by molar-refractivity contribution is 0.570. The van der Waals surface area contributed by atoms with Gasteiger partial charge in [0.1, 0.15) is 16.5 Å². The molecule has 0 aliphatic heterocycles. The van der Waals surface area contributed by atoms with Gasteiger partial charge < -0.3 is 5.73 Å². The monoisotopic (exact) mass is 298 g/mol. The highest BCUT2D eigenvalue weighted by atomic mass is 32.2. The summed E-state index contributed by atoms with van der Waals surface area (Å²) >= 11 is 0. The van der Waals surface area contributed by atoms with Gasteiger partial charge in [0.15, 0.2) is 0 Å². The van der Waals surface area contributed by atoms with Crippen molar-refractivity contribution in [3.63, 3.8) is 0 Å². The van der Waals surface area contributed by atoms with Crippen molar-refractivity contribution >= 4 is 21.4 Å². The normalized spacial score (nSPS) is 11.3. The maximum atomic E-state index is 13.6. The fourth-order valence-corrected chi connectivity index (χ4v) is 2.89. The van der Waals surface area contributed by atoms with Crippen molar-refractivity contribution in [2.45, 2.75) is 11.8 Å². The maximum absolute atomic E-state index is 13.6. The summed E-state index contributed by atoms with van der Waals surface area (Å²) in [6, 6.07) is 6.91. The standard InChI is InChI=1S/C13H12F2N2O2S/c1-8-4-9(14)6-11(5-8)17-20(18,19)13-7-10(16)2-3-12(13)15/h2-7,17H,16H2,1H3. The van der Waals surface area contributed by atoms with Crippen LogP contribution in [0.4, 0.5) is 20.2 Å². The molecule has 0 unspecified atom stereocenters. The predicted molar refractivity (Wildman–Crippen MR) is 72.8 cm³/mol. The van der Waals surface area contributed by atoms with Crippen molar-refractivity contribution < 1.29 is 17.2 Å². The van der Waals surface area contributed by atoms with Crippen LogP contribution in [0.25, 0.3) is 0 Å². The van der Waals surface area contributed by atoms with Crippen molar-refractivity contribution in [3.8, 4) is 0 Å². The third kappa shape index (κ3) is 3.05. The molecule has 2 aromatic rings. The smallest absolute Gasteiger partial charge is 0.264 e. The number of aryl methyl sites for hydroxylation is 1. The molecule has 20 heavy (non-hydrogen) atoms. The van der Waals surface area contributed by atoms with Crippen LogP contribution in [0, 0.1) is 18.6 Å². The van der Waals surface area contributed by atoms with Gasteiger partial charge in [0.05, 0.1) is 5.69 Å². The Balaban J connectivity index is 2.43. The molecule has 106 valence electrons. The fraction of sp³-hybridized carbons (Fsp3) is 0.0769. The number of hydrogen-bond donors (Lipinski definition) is 2. The number of hydrogen-bond acceptors (Lipinski definition) is 3. The summed E-state index contributed by atoms with van der Waals surface area (Å²) in [7, 11) is -4.17. The van der Waals surface area contributed by atoms with E-state index in [4.69, 9.17) is 5.73 Å². The Bertz CT molecular complexity index is 741. The molecule has 0 aliphatic rings. The topological polar surface area (TPSA) is 72.2 Å². The van der Waals surface area contributed by atoms with Crippen molar-refractivity contribution in [2.24, 2.45) is 0 Å². The third-order valence-corrected chi connectivity index (χ3v) is 3.94. The summed E-state index contributed by atoms with van der Waals surface area (Å²) in [6.45, 7) is 1.61. The first-order valence-corrected chi connectivity index (χ1v) is 7.11. The van der Waals surface area contributed by atoms with Crippen molar-refractivity contribution in [1.29, 1.82) is 0 Å². The second-order valence-electron chi connectivity index (χ2n) is 4.31. The van der Waals surface area contributed by atoms with Gasteiger partial charge in [0.2, 0.25) is 0 Å². The first-order valence-electron chi connectivity index (χ1n) is 5.63. The van der Waals surface area contributed by atoms with E-state index in [9.17, 15) is 17.2 Å². The van der Waals surface area contributed by atoms with Crippen molar-refractivity contribution in [2.75, 3.05) is 10.5 Å². The number of nitrogens with one attached hydrogen (secondary N) is 1. The van der Waals surface area contributed by atoms with Gasteiger partial charge in [-0.05, 0) is 48.9 Å². The Morgan fingerprint density at radius 1 is 1.10 bits per heavy atom. The Hall–Kier alpha value is -2.15. The number of nitrogens with two attached hydrogens (primary N) is 1. The van der Waals surface area contributed by atoms with Gasteiger partial charge in [0, 0.05) is 5.69 Å². The van der Waals surface area contributed by atoms with Crippen LogP contribution in [-0.4, -0.2) is 8.42 Å². The lowest BCUT2D eigenvalue weighted by Crippen LogP contribution is -2.15. The van der Waals surface area contributed by atoms with Crippen molar-refractivity contribution in [3.05, 3.63) is 53.6 Å². The predicted octanol–water partition coefficient (Wildman–Crippen LogP) is 2.66. The number of rotatable bonds is 3. The number of halogens is 2. The minimum atomic E-state index is -4.17. The molecule has 0 radical (unpaired) electrons. The summed E-state index contributed by atoms with van der Waals surface area (Å²) in [5, 5.41) is 0. The van der Waals surface area contributed by atoms with Crippen LogP contribution in [0.1, 0.15) is 5.56 Å². The summed E-state index contributed by atoms with van der Waals surface area (Å²) in [5.74, 6) is -1.52. The van der Waals surface area contributed by atoms with E-state index in [1.54, 1.807) is 6.92 Å². The highest BCUT2D eigenvalue weighted by molar-refractivity contribution is 7.92. The summed E-state index contributed by atoms with van der Waals surface area (Å²) in [6.07, 6.45) is 0. The van der Waals surface area contributed by atoms with Gasteiger partial charge in [-0.3, -0.25) is 4.72 Å². The second kappa shape index (κ2) is 5.09. The van der Waals surface area contributed by atoms with Crippen LogP contribution in [-0.2, 0) is 10.0 Å². The summed E-state index contributed by atoms with van der Waals surface area (Å²) < 4.78 is 53.1. The van der Waals surface area contributed by atoms with E-state index in [0.717, 1.165) is 18.2 Å². The van der Waals surface area contributed by atoms with Gasteiger partial charge in [0.25, 0.3) is 10.0 Å². The van der Waals surface area contributed by atoms with Crippen LogP contribution in [0.2, 0.25) is 0 Å². The SMILES string of the molecule is Cc1cc(F)cc(NS(=O)(=O)c2cc(N)ccc2F)c1. The van der Waals surface area contributed by atoms with Crippen molar-refractivity contribution in [1.82, 2.24) is 0 Å². The quantitative estimate of drug-likeness (QED) is 0.856. The first-order chi connectivity index (χ1) is 9.28. The molecule has 0 bridgehead atoms. The highest BCUT2D eigenvalue weighted by Crippen LogP contribution is 2.22. The highest BCUT2D eigenvalue weighted by Gasteiger charge is 2.19. The van der Waals surface area contributed by atoms with Crippen LogP contribution in [0.15, 0.2) is 41.3 Å². The largest absolute Gasteiger partial charge is 0.399 e. The second-order valence-corrected chi connectivity index (χ2v) is 5.96. The van der Waals surface area contributed by atoms with Gasteiger partial charge in [-0.1, -0.05) is 0 Å². The van der Waals surface area contributed by atoms with Gasteiger partial charge in [-0.2, -0.15) is 0 Å². The minimum Gasteiger partial charge on any atom is -0.399 e. The molecular weight excluding hydrogens is 286 g/mol. The van der Waals surface area contributed by atoms with E-state index in [1.165, 1.54) is 18.2 Å². The molecule has 0 aliphatic carbocycles. The van der Waals surface area contributed by atoms with E-state index >= 15 is 0 Å². The molecule has 0 spiro atoms. The van der Waals surface area contributed by atoms with Crippen LogP contribution in [0.3, 0.4) is 0 Å². The molecule has 3 N–H and O–H groups in total. The molecular formula is C13H12F2N2O2S. The van der Waals surface area contributed by atoms with Gasteiger partial charge in [-0.15, -0.1) is 0 Å². The molecule has 2 aromatic carbocycles. The molecule has 0 fully saturated rings. The van der Waals surface area contributed by atoms with E-state index in [2.05, 4.69) is 4.72 Å². The molecule has 7 heteroatoms. The zero-order valence-electron chi connectivity index (χ0n) is 10.5. The van der Waals surface area contributed by atoms with E-state index in [1.807, 2.05) is 0 Å². The number of anilines is 2. The molecule has 0 saturated heterocycles. The maximum Gasteiger partial charge on any atom is 0.264 e. The molecule has 0 heterocycles. The average molecular weight is 298 g/mol. The molecule has 4 nitrogen and oxygen atoms in total. The number of sulfonamides is 1. The lowest BCUT2D eigenvalue weighted by Gasteiger charge is -2.10. The van der Waals surface area contributed by atoms with Gasteiger partial charge >= 0.3 is 0 Å². The molecule has 0 atom stereocenters. The number of benzene rings is 2. The molecule has 0 aromatic heterocycles. The van der Waals surface area contributed by atoms with E-state index < -0.39 is 26.6 Å². The minimum absolute atomic E-state index is 0.0179. The van der Waals surface area contributed by atoms with E-state index in [-0.39, 0.29) is 11.4 Å². The molecule has 2 rings (SSSR count). The van der Waals surface area contributed by atoms with Crippen LogP contribution >= 0.6 is 0 Å². The van der Waals surface area contributed by atoms with E-state index in [0.29, 0.717) is 5.56 Å². The molecule has 0 saturated carbocycles. The first kappa shape index (κ1) is 14.3. The third-order valence-electron chi connectivity index (χ3n) is 2.54. The average Bonchev–Trinajstić information content (AvgIpc) is 2.30. The Morgan fingerprint density at radius 3 is 2.45 bits per heavy atom. The Kier molecular flexibility index (Phi) is 3.63. The fourth-order valence-electron chi connectivity index (χ4n) is 1.73. The zero-order valence-corrected chi connectivity index (χ0v) is 11.3. The Labute approximate surface area is 115 Å². The number of nitrogen functional groups attached to an aromatic ring is 1. The Morgan fingerprint density at radius 2 is 1.80 bits per heavy atom. The van der Waals surface area contributed by atoms with Gasteiger partial charge in [-0.25, -0.2) is 17.2 Å². The van der Waals surface area contributed by atoms with Crippen LogP contribution < -0.4 is 10.5 Å².